The number of aryl methyl sites for hydroxylation is 1. The van der Waals surface area contributed by atoms with Gasteiger partial charge in [0.15, 0.2) is 0 Å². The molecule has 2 aliphatic rings. The minimum Gasteiger partial charge on any atom is -0.368 e. The summed E-state index contributed by atoms with van der Waals surface area (Å²) in [4.78, 5) is 31.2. The standard InChI is InChI=1S/C33H39Cl2N7O/c1-4-13-40-14-7-8-24(21-40)42-31-26(22(2)30(32(42)43)25-9-5-6-10-27(25)34)20-36-33(38-31)37-23-11-12-29(28(35)19-23)41-17-15-39(3)16-18-41/h5-6,9-12,19-20,24H,4,7-8,13-18,21H2,1-3H3,(H,36,37,38)/t24-/m0/s1. The Bertz CT molecular complexity index is 1680. The number of aromatic nitrogens is 3. The maximum atomic E-state index is 14.4. The summed E-state index contributed by atoms with van der Waals surface area (Å²) >= 11 is 13.4. The van der Waals surface area contributed by atoms with Crippen LogP contribution < -0.4 is 15.8 Å². The number of hydrogen-bond acceptors (Lipinski definition) is 7. The van der Waals surface area contributed by atoms with Gasteiger partial charge in [-0.05, 0) is 76.2 Å². The monoisotopic (exact) mass is 619 g/mol. The van der Waals surface area contributed by atoms with Crippen LogP contribution in [-0.4, -0.2) is 77.2 Å². The lowest BCUT2D eigenvalue weighted by molar-refractivity contribution is 0.178. The number of nitrogens with one attached hydrogen (secondary N) is 1. The average Bonchev–Trinajstić information content (AvgIpc) is 2.99. The summed E-state index contributed by atoms with van der Waals surface area (Å²) in [6.07, 6.45) is 4.84. The lowest BCUT2D eigenvalue weighted by atomic mass is 9.98. The molecular weight excluding hydrogens is 581 g/mol. The molecule has 2 fully saturated rings. The second-order valence-corrected chi connectivity index (χ2v) is 12.6. The SMILES string of the molecule is CCCN1CCC[C@H](n2c(=O)c(-c3ccccc3Cl)c(C)c3cnc(Nc4ccc(N5CCN(C)CC5)c(Cl)c4)nc32)C1. The van der Waals surface area contributed by atoms with Gasteiger partial charge < -0.3 is 20.0 Å². The highest BCUT2D eigenvalue weighted by molar-refractivity contribution is 6.33. The molecule has 10 heteroatoms. The molecule has 0 bridgehead atoms. The van der Waals surface area contributed by atoms with Gasteiger partial charge in [0.25, 0.3) is 5.56 Å². The van der Waals surface area contributed by atoms with Gasteiger partial charge in [0.2, 0.25) is 5.95 Å². The van der Waals surface area contributed by atoms with E-state index in [0.717, 1.165) is 93.0 Å². The Morgan fingerprint density at radius 2 is 1.81 bits per heavy atom. The smallest absolute Gasteiger partial charge is 0.260 e. The van der Waals surface area contributed by atoms with Gasteiger partial charge in [-0.25, -0.2) is 4.98 Å². The zero-order valence-electron chi connectivity index (χ0n) is 25.1. The molecule has 2 aliphatic heterocycles. The highest BCUT2D eigenvalue weighted by Gasteiger charge is 2.27. The predicted molar refractivity (Wildman–Crippen MR) is 178 cm³/mol. The zero-order valence-corrected chi connectivity index (χ0v) is 26.6. The Morgan fingerprint density at radius 1 is 1.02 bits per heavy atom. The Balaban J connectivity index is 1.41. The molecule has 8 nitrogen and oxygen atoms in total. The molecule has 0 amide bonds. The van der Waals surface area contributed by atoms with Gasteiger partial charge in [-0.3, -0.25) is 9.36 Å². The van der Waals surface area contributed by atoms with Crippen LogP contribution in [0, 0.1) is 6.92 Å². The summed E-state index contributed by atoms with van der Waals surface area (Å²) in [5.41, 5.74) is 4.58. The molecule has 226 valence electrons. The highest BCUT2D eigenvalue weighted by Crippen LogP contribution is 2.34. The maximum absolute atomic E-state index is 14.4. The van der Waals surface area contributed by atoms with Crippen molar-refractivity contribution in [2.75, 3.05) is 63.1 Å². The lowest BCUT2D eigenvalue weighted by Crippen LogP contribution is -2.44. The van der Waals surface area contributed by atoms with Crippen LogP contribution in [0.25, 0.3) is 22.2 Å². The minimum absolute atomic E-state index is 0.00259. The van der Waals surface area contributed by atoms with Crippen molar-refractivity contribution in [1.29, 1.82) is 0 Å². The van der Waals surface area contributed by atoms with E-state index in [4.69, 9.17) is 33.2 Å². The number of pyridine rings is 1. The molecule has 0 aliphatic carbocycles. The summed E-state index contributed by atoms with van der Waals surface area (Å²) in [6.45, 7) is 10.9. The number of piperazine rings is 1. The van der Waals surface area contributed by atoms with Crippen LogP contribution in [0.2, 0.25) is 10.0 Å². The largest absolute Gasteiger partial charge is 0.368 e. The van der Waals surface area contributed by atoms with Crippen molar-refractivity contribution in [3.63, 3.8) is 0 Å². The molecule has 1 atom stereocenters. The van der Waals surface area contributed by atoms with E-state index < -0.39 is 0 Å². The van der Waals surface area contributed by atoms with Gasteiger partial charge in [-0.1, -0.05) is 48.3 Å². The fourth-order valence-electron chi connectivity index (χ4n) is 6.49. The minimum atomic E-state index is -0.0642. The van der Waals surface area contributed by atoms with E-state index in [-0.39, 0.29) is 11.6 Å². The van der Waals surface area contributed by atoms with Crippen LogP contribution >= 0.6 is 23.2 Å². The molecule has 2 aromatic carbocycles. The first-order valence-electron chi connectivity index (χ1n) is 15.2. The van der Waals surface area contributed by atoms with Crippen LogP contribution in [0.5, 0.6) is 0 Å². The molecule has 43 heavy (non-hydrogen) atoms. The quantitative estimate of drug-likeness (QED) is 0.249. The van der Waals surface area contributed by atoms with Crippen LogP contribution in [0.3, 0.4) is 0 Å². The van der Waals surface area contributed by atoms with E-state index in [1.807, 2.05) is 54.1 Å². The normalized spacial score (nSPS) is 18.3. The number of piperidine rings is 1. The first-order chi connectivity index (χ1) is 20.8. The molecule has 0 spiro atoms. The van der Waals surface area contributed by atoms with E-state index in [2.05, 4.69) is 40.1 Å². The number of nitrogens with zero attached hydrogens (tertiary/aromatic N) is 6. The number of rotatable bonds is 7. The van der Waals surface area contributed by atoms with Crippen LogP contribution in [0.4, 0.5) is 17.3 Å². The van der Waals surface area contributed by atoms with Crippen molar-refractivity contribution in [2.45, 2.75) is 39.2 Å². The van der Waals surface area contributed by atoms with Gasteiger partial charge in [0, 0.05) is 60.6 Å². The van der Waals surface area contributed by atoms with E-state index in [9.17, 15) is 4.79 Å². The van der Waals surface area contributed by atoms with Crippen LogP contribution in [-0.2, 0) is 0 Å². The van der Waals surface area contributed by atoms with Crippen molar-refractivity contribution < 1.29 is 0 Å². The fraction of sp³-hybridized carbons (Fsp3) is 0.424. The molecule has 0 saturated carbocycles. The van der Waals surface area contributed by atoms with E-state index in [1.165, 1.54) is 0 Å². The van der Waals surface area contributed by atoms with Crippen molar-refractivity contribution in [3.05, 3.63) is 74.6 Å². The van der Waals surface area contributed by atoms with E-state index >= 15 is 0 Å². The van der Waals surface area contributed by atoms with E-state index in [0.29, 0.717) is 27.2 Å². The molecule has 0 unspecified atom stereocenters. The van der Waals surface area contributed by atoms with Crippen molar-refractivity contribution in [1.82, 2.24) is 24.3 Å². The Morgan fingerprint density at radius 3 is 2.56 bits per heavy atom. The van der Waals surface area contributed by atoms with Gasteiger partial charge in [0.1, 0.15) is 5.65 Å². The number of hydrogen-bond donors (Lipinski definition) is 1. The topological polar surface area (TPSA) is 69.5 Å². The fourth-order valence-corrected chi connectivity index (χ4v) is 7.02. The molecule has 4 heterocycles. The summed E-state index contributed by atoms with van der Waals surface area (Å²) in [5, 5.41) is 5.43. The summed E-state index contributed by atoms with van der Waals surface area (Å²) in [5.74, 6) is 0.426. The van der Waals surface area contributed by atoms with Crippen molar-refractivity contribution >= 4 is 51.6 Å². The predicted octanol–water partition coefficient (Wildman–Crippen LogP) is 6.62. The van der Waals surface area contributed by atoms with Gasteiger partial charge in [0.05, 0.1) is 22.3 Å². The average molecular weight is 621 g/mol. The molecule has 1 N–H and O–H groups in total. The molecule has 0 radical (unpaired) electrons. The van der Waals surface area contributed by atoms with Gasteiger partial charge in [-0.2, -0.15) is 4.98 Å². The third-order valence-electron chi connectivity index (χ3n) is 8.79. The zero-order chi connectivity index (χ0) is 30.1. The number of benzene rings is 2. The van der Waals surface area contributed by atoms with Crippen molar-refractivity contribution in [2.24, 2.45) is 0 Å². The molecule has 2 aromatic heterocycles. The maximum Gasteiger partial charge on any atom is 0.260 e. The van der Waals surface area contributed by atoms with Crippen LogP contribution in [0.1, 0.15) is 37.8 Å². The Kier molecular flexibility index (Phi) is 8.91. The molecule has 6 rings (SSSR count). The summed E-state index contributed by atoms with van der Waals surface area (Å²) < 4.78 is 1.90. The van der Waals surface area contributed by atoms with Crippen LogP contribution in [0.15, 0.2) is 53.5 Å². The summed E-state index contributed by atoms with van der Waals surface area (Å²) in [7, 11) is 2.14. The third kappa shape index (κ3) is 6.11. The Hall–Kier alpha value is -3.17. The summed E-state index contributed by atoms with van der Waals surface area (Å²) in [6, 6.07) is 13.5. The number of anilines is 3. The number of likely N-dealkylation sites (tertiary alicyclic amines) is 1. The first-order valence-corrected chi connectivity index (χ1v) is 16.0. The third-order valence-corrected chi connectivity index (χ3v) is 9.42. The lowest BCUT2D eigenvalue weighted by Gasteiger charge is -2.34. The van der Waals surface area contributed by atoms with Gasteiger partial charge >= 0.3 is 0 Å². The van der Waals surface area contributed by atoms with Gasteiger partial charge in [-0.15, -0.1) is 0 Å². The molecule has 2 saturated heterocycles. The Labute approximate surface area is 263 Å². The first kappa shape index (κ1) is 29.9. The molecule has 4 aromatic rings. The highest BCUT2D eigenvalue weighted by atomic mass is 35.5. The second-order valence-electron chi connectivity index (χ2n) is 11.8. The number of halogens is 2. The number of fused-ring (bicyclic) bond motifs is 1. The second kappa shape index (κ2) is 12.8. The van der Waals surface area contributed by atoms with E-state index in [1.54, 1.807) is 0 Å². The van der Waals surface area contributed by atoms with Crippen molar-refractivity contribution in [3.8, 4) is 11.1 Å². The number of likely N-dealkylation sites (N-methyl/N-ethyl adjacent to an activating group) is 1. The molecular formula is C33H39Cl2N7O.